The van der Waals surface area contributed by atoms with E-state index >= 15 is 0 Å². The Bertz CT molecular complexity index is 804. The van der Waals surface area contributed by atoms with Gasteiger partial charge in [0.05, 0.1) is 11.4 Å². The molecule has 0 atom stereocenters. The van der Waals surface area contributed by atoms with Gasteiger partial charge in [0.25, 0.3) is 0 Å². The minimum absolute atomic E-state index is 1.06. The fourth-order valence-corrected chi connectivity index (χ4v) is 4.78. The number of hydrogen-bond donors (Lipinski definition) is 0. The van der Waals surface area contributed by atoms with E-state index in [1.165, 1.54) is 46.2 Å². The standard InChI is InChI=1S/C31H46N2/c1-7-13-24-19-26(15-9-3)30(27(20-24)16-10-4)32-23-33-31-28(17-11-5)21-25(14-8-2)22-29(31)18-12-6/h19-22H,7-18H2,1-6H3. The molecule has 0 N–H and O–H groups in total. The van der Waals surface area contributed by atoms with Crippen LogP contribution < -0.4 is 0 Å². The second-order valence-corrected chi connectivity index (χ2v) is 9.35. The summed E-state index contributed by atoms with van der Waals surface area (Å²) >= 11 is 0. The van der Waals surface area contributed by atoms with Gasteiger partial charge in [0.1, 0.15) is 6.01 Å². The maximum Gasteiger partial charge on any atom is 0.101 e. The first-order valence-corrected chi connectivity index (χ1v) is 13.6. The van der Waals surface area contributed by atoms with Crippen LogP contribution in [0.25, 0.3) is 0 Å². The molecule has 2 aromatic carbocycles. The minimum atomic E-state index is 1.06. The first-order valence-electron chi connectivity index (χ1n) is 13.6. The maximum absolute atomic E-state index is 4.88. The van der Waals surface area contributed by atoms with Crippen LogP contribution in [0.15, 0.2) is 34.3 Å². The predicted octanol–water partition coefficient (Wildman–Crippen LogP) is 9.54. The molecule has 0 fully saturated rings. The molecule has 2 rings (SSSR count). The van der Waals surface area contributed by atoms with E-state index in [0.29, 0.717) is 0 Å². The molecule has 180 valence electrons. The number of aliphatic imine (C=N–C) groups is 2. The van der Waals surface area contributed by atoms with Gasteiger partial charge < -0.3 is 0 Å². The van der Waals surface area contributed by atoms with Crippen molar-refractivity contribution >= 4 is 17.4 Å². The largest absolute Gasteiger partial charge is 0.187 e. The Morgan fingerprint density at radius 2 is 0.727 bits per heavy atom. The molecule has 0 saturated heterocycles. The first kappa shape index (κ1) is 27.1. The Labute approximate surface area is 203 Å². The van der Waals surface area contributed by atoms with Gasteiger partial charge in [0, 0.05) is 0 Å². The molecule has 0 bridgehead atoms. The Morgan fingerprint density at radius 1 is 0.455 bits per heavy atom. The van der Waals surface area contributed by atoms with E-state index in [1.807, 2.05) is 0 Å². The van der Waals surface area contributed by atoms with Gasteiger partial charge in [-0.3, -0.25) is 0 Å². The predicted molar refractivity (Wildman–Crippen MR) is 146 cm³/mol. The lowest BCUT2D eigenvalue weighted by Crippen LogP contribution is -1.97. The molecular formula is C31H46N2. The number of aryl methyl sites for hydroxylation is 6. The van der Waals surface area contributed by atoms with Crippen molar-refractivity contribution in [1.29, 1.82) is 0 Å². The molecule has 2 heteroatoms. The van der Waals surface area contributed by atoms with Crippen LogP contribution in [0, 0.1) is 0 Å². The minimum Gasteiger partial charge on any atom is -0.187 e. The molecule has 0 radical (unpaired) electrons. The highest BCUT2D eigenvalue weighted by atomic mass is 14.8. The summed E-state index contributed by atoms with van der Waals surface area (Å²) in [5, 5.41) is 0. The van der Waals surface area contributed by atoms with Crippen molar-refractivity contribution in [2.75, 3.05) is 0 Å². The van der Waals surface area contributed by atoms with E-state index in [9.17, 15) is 0 Å². The highest BCUT2D eigenvalue weighted by Gasteiger charge is 2.11. The van der Waals surface area contributed by atoms with E-state index in [2.05, 4.69) is 71.8 Å². The smallest absolute Gasteiger partial charge is 0.101 e. The molecule has 0 saturated carbocycles. The summed E-state index contributed by atoms with van der Waals surface area (Å²) in [4.78, 5) is 9.77. The average Bonchev–Trinajstić information content (AvgIpc) is 2.78. The van der Waals surface area contributed by atoms with E-state index in [4.69, 9.17) is 9.98 Å². The summed E-state index contributed by atoms with van der Waals surface area (Å²) in [6.07, 6.45) is 13.4. The van der Waals surface area contributed by atoms with Gasteiger partial charge in [0.15, 0.2) is 0 Å². The van der Waals surface area contributed by atoms with Gasteiger partial charge in [-0.05, 0) is 71.9 Å². The van der Waals surface area contributed by atoms with Crippen LogP contribution in [0.2, 0.25) is 0 Å². The van der Waals surface area contributed by atoms with Crippen molar-refractivity contribution in [1.82, 2.24) is 0 Å². The molecule has 0 aliphatic heterocycles. The van der Waals surface area contributed by atoms with E-state index in [1.54, 1.807) is 0 Å². The molecule has 0 aliphatic carbocycles. The molecular weight excluding hydrogens is 400 g/mol. The zero-order valence-corrected chi connectivity index (χ0v) is 22.2. The van der Waals surface area contributed by atoms with Gasteiger partial charge in [-0.1, -0.05) is 104 Å². The molecule has 0 unspecified atom stereocenters. The fraction of sp³-hybridized carbons (Fsp3) is 0.581. The molecule has 2 nitrogen and oxygen atoms in total. The highest BCUT2D eigenvalue weighted by Crippen LogP contribution is 2.31. The van der Waals surface area contributed by atoms with Gasteiger partial charge in [-0.25, -0.2) is 0 Å². The summed E-state index contributed by atoms with van der Waals surface area (Å²) in [5.74, 6) is 0. The number of benzene rings is 2. The van der Waals surface area contributed by atoms with Crippen LogP contribution in [0.3, 0.4) is 0 Å². The number of rotatable bonds is 14. The van der Waals surface area contributed by atoms with Crippen molar-refractivity contribution in [3.63, 3.8) is 0 Å². The maximum atomic E-state index is 4.88. The molecule has 0 aliphatic rings. The molecule has 0 amide bonds. The van der Waals surface area contributed by atoms with Crippen molar-refractivity contribution in [2.45, 2.75) is 119 Å². The Balaban J connectivity index is 2.59. The summed E-state index contributed by atoms with van der Waals surface area (Å²) in [6, 6.07) is 12.7. The molecule has 0 spiro atoms. The fourth-order valence-electron chi connectivity index (χ4n) is 4.78. The van der Waals surface area contributed by atoms with E-state index < -0.39 is 0 Å². The van der Waals surface area contributed by atoms with Gasteiger partial charge in [-0.15, -0.1) is 0 Å². The molecule has 2 aromatic rings. The SMILES string of the molecule is CCCc1cc(CCC)c(N=C=Nc2c(CCC)cc(CCC)cc2CCC)c(CCC)c1. The lowest BCUT2D eigenvalue weighted by atomic mass is 9.95. The zero-order chi connectivity index (χ0) is 24.1. The van der Waals surface area contributed by atoms with Crippen LogP contribution in [0.4, 0.5) is 11.4 Å². The summed E-state index contributed by atoms with van der Waals surface area (Å²) < 4.78 is 0. The van der Waals surface area contributed by atoms with Crippen molar-refractivity contribution in [3.05, 3.63) is 57.6 Å². The lowest BCUT2D eigenvalue weighted by molar-refractivity contribution is 0.870. The lowest BCUT2D eigenvalue weighted by Gasteiger charge is -2.14. The van der Waals surface area contributed by atoms with Gasteiger partial charge >= 0.3 is 0 Å². The number of nitrogens with zero attached hydrogens (tertiary/aromatic N) is 2. The molecule has 0 aromatic heterocycles. The summed E-state index contributed by atoms with van der Waals surface area (Å²) in [6.45, 7) is 13.5. The molecule has 33 heavy (non-hydrogen) atoms. The normalized spacial score (nSPS) is 10.8. The van der Waals surface area contributed by atoms with Crippen LogP contribution in [0.1, 0.15) is 113 Å². The van der Waals surface area contributed by atoms with Gasteiger partial charge in [-0.2, -0.15) is 9.98 Å². The summed E-state index contributed by atoms with van der Waals surface area (Å²) in [7, 11) is 0. The highest BCUT2D eigenvalue weighted by molar-refractivity contribution is 5.66. The second-order valence-electron chi connectivity index (χ2n) is 9.35. The van der Waals surface area contributed by atoms with Crippen molar-refractivity contribution in [3.8, 4) is 0 Å². The monoisotopic (exact) mass is 446 g/mol. The second kappa shape index (κ2) is 14.9. The topological polar surface area (TPSA) is 24.7 Å². The third kappa shape index (κ3) is 7.97. The van der Waals surface area contributed by atoms with Crippen molar-refractivity contribution < 1.29 is 0 Å². The van der Waals surface area contributed by atoms with Crippen LogP contribution in [-0.2, 0) is 38.5 Å². The van der Waals surface area contributed by atoms with Crippen LogP contribution in [0.5, 0.6) is 0 Å². The van der Waals surface area contributed by atoms with E-state index in [0.717, 1.165) is 75.6 Å². The molecule has 0 heterocycles. The zero-order valence-electron chi connectivity index (χ0n) is 22.2. The third-order valence-corrected chi connectivity index (χ3v) is 6.13. The Morgan fingerprint density at radius 3 is 0.970 bits per heavy atom. The number of hydrogen-bond acceptors (Lipinski definition) is 2. The summed E-state index contributed by atoms with van der Waals surface area (Å²) in [5.41, 5.74) is 10.5. The first-order chi connectivity index (χ1) is 16.1. The van der Waals surface area contributed by atoms with Crippen molar-refractivity contribution in [2.24, 2.45) is 9.98 Å². The van der Waals surface area contributed by atoms with E-state index in [-0.39, 0.29) is 0 Å². The van der Waals surface area contributed by atoms with Gasteiger partial charge in [0.2, 0.25) is 0 Å². The van der Waals surface area contributed by atoms with Crippen LogP contribution in [-0.4, -0.2) is 6.01 Å². The third-order valence-electron chi connectivity index (χ3n) is 6.13. The Hall–Kier alpha value is -2.18. The van der Waals surface area contributed by atoms with Crippen LogP contribution >= 0.6 is 0 Å². The quantitative estimate of drug-likeness (QED) is 0.258. The average molecular weight is 447 g/mol. The Kier molecular flexibility index (Phi) is 12.2.